The normalized spacial score (nSPS) is 18.2. The first-order valence-electron chi connectivity index (χ1n) is 7.34. The van der Waals surface area contributed by atoms with E-state index in [1.54, 1.807) is 17.0 Å². The minimum Gasteiger partial charge on any atom is -0.480 e. The number of benzene rings is 1. The van der Waals surface area contributed by atoms with Crippen LogP contribution in [0.25, 0.3) is 5.69 Å². The number of halogens is 2. The number of rotatable bonds is 6. The van der Waals surface area contributed by atoms with Crippen molar-refractivity contribution in [2.45, 2.75) is 32.0 Å². The maximum atomic E-state index is 12.2. The number of likely N-dealkylation sites (tertiary alicyclic amines) is 1. The second-order valence-electron chi connectivity index (χ2n) is 5.35. The van der Waals surface area contributed by atoms with Crippen LogP contribution in [-0.2, 0) is 11.3 Å². The molecule has 2 heterocycles. The van der Waals surface area contributed by atoms with Crippen molar-refractivity contribution in [1.29, 1.82) is 0 Å². The molecule has 1 aliphatic rings. The molecule has 0 radical (unpaired) electrons. The van der Waals surface area contributed by atoms with Gasteiger partial charge in [0.15, 0.2) is 5.82 Å². The van der Waals surface area contributed by atoms with Gasteiger partial charge >= 0.3 is 12.6 Å². The maximum Gasteiger partial charge on any atom is 0.387 e. The Labute approximate surface area is 135 Å². The fraction of sp³-hybridized carbons (Fsp3) is 0.429. The molecule has 8 nitrogen and oxygen atoms in total. The van der Waals surface area contributed by atoms with E-state index >= 15 is 0 Å². The van der Waals surface area contributed by atoms with E-state index < -0.39 is 18.6 Å². The van der Waals surface area contributed by atoms with Gasteiger partial charge in [0.2, 0.25) is 0 Å². The number of nitrogens with zero attached hydrogens (tertiary/aromatic N) is 5. The number of tetrazole rings is 1. The number of hydrogen-bond donors (Lipinski definition) is 1. The zero-order valence-electron chi connectivity index (χ0n) is 12.5. The first kappa shape index (κ1) is 16.2. The molecule has 0 amide bonds. The second kappa shape index (κ2) is 6.87. The Morgan fingerprint density at radius 1 is 1.38 bits per heavy atom. The lowest BCUT2D eigenvalue weighted by atomic mass is 10.2. The lowest BCUT2D eigenvalue weighted by Crippen LogP contribution is -2.36. The van der Waals surface area contributed by atoms with Gasteiger partial charge < -0.3 is 9.84 Å². The number of alkyl halides is 2. The third-order valence-electron chi connectivity index (χ3n) is 3.83. The van der Waals surface area contributed by atoms with Crippen LogP contribution < -0.4 is 4.74 Å². The number of carboxylic acids is 1. The van der Waals surface area contributed by atoms with Crippen LogP contribution in [0.2, 0.25) is 0 Å². The number of hydrogen-bond acceptors (Lipinski definition) is 6. The third kappa shape index (κ3) is 3.48. The number of carboxylic acid groups (broad SMARTS) is 1. The Morgan fingerprint density at radius 3 is 2.79 bits per heavy atom. The van der Waals surface area contributed by atoms with Crippen LogP contribution in [-0.4, -0.2) is 55.4 Å². The zero-order chi connectivity index (χ0) is 17.1. The lowest BCUT2D eigenvalue weighted by Gasteiger charge is -2.20. The van der Waals surface area contributed by atoms with Crippen molar-refractivity contribution < 1.29 is 23.4 Å². The topological polar surface area (TPSA) is 93.4 Å². The molecule has 1 fully saturated rings. The smallest absolute Gasteiger partial charge is 0.387 e. The molecular formula is C14H15F2N5O3. The summed E-state index contributed by atoms with van der Waals surface area (Å²) < 4.78 is 30.1. The van der Waals surface area contributed by atoms with Crippen LogP contribution in [0.3, 0.4) is 0 Å². The van der Waals surface area contributed by atoms with Crippen LogP contribution >= 0.6 is 0 Å². The van der Waals surface area contributed by atoms with E-state index in [4.69, 9.17) is 0 Å². The molecule has 10 heteroatoms. The minimum absolute atomic E-state index is 0.0360. The van der Waals surface area contributed by atoms with Gasteiger partial charge in [-0.2, -0.15) is 13.5 Å². The van der Waals surface area contributed by atoms with Crippen LogP contribution in [0, 0.1) is 0 Å². The Hall–Kier alpha value is -2.62. The summed E-state index contributed by atoms with van der Waals surface area (Å²) in [6.45, 7) is -1.94. The van der Waals surface area contributed by atoms with Gasteiger partial charge in [-0.25, -0.2) is 0 Å². The summed E-state index contributed by atoms with van der Waals surface area (Å²) in [6, 6.07) is 5.34. The predicted molar refractivity (Wildman–Crippen MR) is 76.9 cm³/mol. The van der Waals surface area contributed by atoms with Crippen LogP contribution in [0.1, 0.15) is 18.7 Å². The highest BCUT2D eigenvalue weighted by Crippen LogP contribution is 2.21. The highest BCUT2D eigenvalue weighted by atomic mass is 19.3. The van der Waals surface area contributed by atoms with E-state index in [0.29, 0.717) is 31.0 Å². The molecule has 0 aliphatic carbocycles. The average molecular weight is 339 g/mol. The zero-order valence-corrected chi connectivity index (χ0v) is 12.5. The van der Waals surface area contributed by atoms with E-state index in [1.807, 2.05) is 0 Å². The highest BCUT2D eigenvalue weighted by molar-refractivity contribution is 5.73. The van der Waals surface area contributed by atoms with Crippen LogP contribution in [0.5, 0.6) is 5.75 Å². The number of aliphatic carboxylic acids is 1. The van der Waals surface area contributed by atoms with Crippen LogP contribution in [0.15, 0.2) is 24.3 Å². The number of aromatic nitrogens is 4. The molecule has 1 atom stereocenters. The Balaban J connectivity index is 1.76. The van der Waals surface area contributed by atoms with Crippen molar-refractivity contribution >= 4 is 5.97 Å². The fourth-order valence-electron chi connectivity index (χ4n) is 2.75. The van der Waals surface area contributed by atoms with Crippen molar-refractivity contribution in [2.75, 3.05) is 6.54 Å². The molecule has 0 saturated carbocycles. The van der Waals surface area contributed by atoms with E-state index in [1.165, 1.54) is 16.8 Å². The van der Waals surface area contributed by atoms with Gasteiger partial charge in [0, 0.05) is 0 Å². The number of ether oxygens (including phenoxy) is 1. The fourth-order valence-corrected chi connectivity index (χ4v) is 2.75. The predicted octanol–water partition coefficient (Wildman–Crippen LogP) is 1.31. The summed E-state index contributed by atoms with van der Waals surface area (Å²) in [5.74, 6) is -0.348. The molecule has 1 saturated heterocycles. The van der Waals surface area contributed by atoms with Crippen LogP contribution in [0.4, 0.5) is 8.78 Å². The standard InChI is InChI=1S/C14H15F2N5O3/c15-14(16)24-10-5-3-9(4-6-10)21-12(17-18-19-21)8-20-7-1-2-11(20)13(22)23/h3-6,11,14H,1-2,7-8H2,(H,22,23)/t11-/m0/s1. The molecule has 128 valence electrons. The molecule has 1 aromatic heterocycles. The van der Waals surface area contributed by atoms with Gasteiger partial charge in [-0.1, -0.05) is 0 Å². The Morgan fingerprint density at radius 2 is 2.12 bits per heavy atom. The molecule has 1 aromatic carbocycles. The Kier molecular flexibility index (Phi) is 4.65. The van der Waals surface area contributed by atoms with Gasteiger partial charge in [0.25, 0.3) is 0 Å². The molecule has 2 aromatic rings. The lowest BCUT2D eigenvalue weighted by molar-refractivity contribution is -0.142. The van der Waals surface area contributed by atoms with Crippen molar-refractivity contribution in [1.82, 2.24) is 25.1 Å². The third-order valence-corrected chi connectivity index (χ3v) is 3.83. The maximum absolute atomic E-state index is 12.2. The monoisotopic (exact) mass is 339 g/mol. The summed E-state index contributed by atoms with van der Waals surface area (Å²) in [7, 11) is 0. The van der Waals surface area contributed by atoms with E-state index in [9.17, 15) is 18.7 Å². The largest absolute Gasteiger partial charge is 0.480 e. The summed E-state index contributed by atoms with van der Waals surface area (Å²) in [5, 5.41) is 20.7. The number of carbonyl (C=O) groups is 1. The van der Waals surface area contributed by atoms with Crippen molar-refractivity contribution in [2.24, 2.45) is 0 Å². The van der Waals surface area contributed by atoms with Gasteiger partial charge in [-0.05, 0) is 54.1 Å². The SMILES string of the molecule is O=C(O)[C@@H]1CCCN1Cc1nnnn1-c1ccc(OC(F)F)cc1. The quantitative estimate of drug-likeness (QED) is 0.848. The van der Waals surface area contributed by atoms with Gasteiger partial charge in [-0.3, -0.25) is 9.69 Å². The summed E-state index contributed by atoms with van der Waals surface area (Å²) in [4.78, 5) is 13.1. The summed E-state index contributed by atoms with van der Waals surface area (Å²) >= 11 is 0. The minimum atomic E-state index is -2.89. The molecule has 0 bridgehead atoms. The molecule has 24 heavy (non-hydrogen) atoms. The highest BCUT2D eigenvalue weighted by Gasteiger charge is 2.31. The molecule has 1 aliphatic heterocycles. The van der Waals surface area contributed by atoms with Crippen molar-refractivity contribution in [3.05, 3.63) is 30.1 Å². The second-order valence-corrected chi connectivity index (χ2v) is 5.35. The van der Waals surface area contributed by atoms with Crippen molar-refractivity contribution in [3.63, 3.8) is 0 Å². The van der Waals surface area contributed by atoms with Crippen molar-refractivity contribution in [3.8, 4) is 11.4 Å². The van der Waals surface area contributed by atoms with Gasteiger partial charge in [0.1, 0.15) is 11.8 Å². The summed E-state index contributed by atoms with van der Waals surface area (Å²) in [5.41, 5.74) is 0.572. The molecule has 3 rings (SSSR count). The average Bonchev–Trinajstić information content (AvgIpc) is 3.17. The molecular weight excluding hydrogens is 324 g/mol. The van der Waals surface area contributed by atoms with E-state index in [0.717, 1.165) is 6.42 Å². The Bertz CT molecular complexity index is 707. The molecule has 0 unspecified atom stereocenters. The first-order valence-corrected chi connectivity index (χ1v) is 7.34. The van der Waals surface area contributed by atoms with Gasteiger partial charge in [-0.15, -0.1) is 5.10 Å². The summed E-state index contributed by atoms with van der Waals surface area (Å²) in [6.07, 6.45) is 1.40. The van der Waals surface area contributed by atoms with E-state index in [2.05, 4.69) is 20.3 Å². The molecule has 0 spiro atoms. The first-order chi connectivity index (χ1) is 11.5. The van der Waals surface area contributed by atoms with E-state index in [-0.39, 0.29) is 5.75 Å². The molecule has 1 N–H and O–H groups in total. The van der Waals surface area contributed by atoms with Gasteiger partial charge in [0.05, 0.1) is 12.2 Å².